The maximum absolute atomic E-state index is 12.2. The summed E-state index contributed by atoms with van der Waals surface area (Å²) in [6, 6.07) is -0.121. The third-order valence-corrected chi connectivity index (χ3v) is 5.21. The van der Waals surface area contributed by atoms with E-state index in [0.29, 0.717) is 0 Å². The van der Waals surface area contributed by atoms with E-state index in [4.69, 9.17) is 27.5 Å². The lowest BCUT2D eigenvalue weighted by Crippen LogP contribution is -2.49. The highest BCUT2D eigenvalue weighted by molar-refractivity contribution is 7.99. The number of carboxylic acids is 2. The topological polar surface area (TPSA) is 199 Å². The molecule has 0 unspecified atom stereocenters. The maximum Gasteiger partial charge on any atom is 0.322 e. The number of thioether (sulfide) groups is 1. The first-order valence-corrected chi connectivity index (χ1v) is 9.49. The molecule has 0 heterocycles. The predicted octanol–water partition coefficient (Wildman–Crippen LogP) is -0.279. The molecule has 1 rings (SSSR count). The van der Waals surface area contributed by atoms with Gasteiger partial charge in [-0.2, -0.15) is 0 Å². The molecule has 0 aliphatic carbocycles. The Bertz CT molecular complexity index is 792. The smallest absolute Gasteiger partial charge is 0.322 e. The number of hydrogen-bond donors (Lipinski definition) is 7. The first-order chi connectivity index (χ1) is 13.5. The van der Waals surface area contributed by atoms with E-state index in [1.165, 1.54) is 12.1 Å². The second kappa shape index (κ2) is 11.3. The van der Waals surface area contributed by atoms with Crippen LogP contribution in [0.3, 0.4) is 0 Å². The number of carbonyl (C=O) groups is 4. The minimum atomic E-state index is -1.29. The first-order valence-electron chi connectivity index (χ1n) is 8.13. The number of phenols is 2. The number of aromatic hydroxyl groups is 2. The van der Waals surface area contributed by atoms with Crippen molar-refractivity contribution in [1.29, 1.82) is 0 Å². The SMILES string of the molecule is N[C@@H](CCC(=O)N[C@@H](CSc1c(O)ccc(O)c1Cl)C(=O)NCC(=O)O)C(=O)O. The minimum Gasteiger partial charge on any atom is -0.507 e. The van der Waals surface area contributed by atoms with Crippen LogP contribution >= 0.6 is 23.4 Å². The van der Waals surface area contributed by atoms with E-state index in [-0.39, 0.29) is 40.0 Å². The Hall–Kier alpha value is -2.70. The molecule has 160 valence electrons. The molecular formula is C16H20ClN3O8S. The van der Waals surface area contributed by atoms with E-state index < -0.39 is 42.4 Å². The van der Waals surface area contributed by atoms with Crippen molar-refractivity contribution in [1.82, 2.24) is 10.6 Å². The van der Waals surface area contributed by atoms with Gasteiger partial charge in [-0.1, -0.05) is 11.6 Å². The molecule has 0 spiro atoms. The van der Waals surface area contributed by atoms with Crippen molar-refractivity contribution in [2.45, 2.75) is 29.8 Å². The van der Waals surface area contributed by atoms with Crippen LogP contribution in [0.5, 0.6) is 11.5 Å². The standard InChI is InChI=1S/C16H20ClN3O8S/c17-13-9(21)2-3-10(22)14(13)29-6-8(15(26)19-5-12(24)25)20-11(23)4-1-7(18)16(27)28/h2-3,7-8,21-22H,1,4-6,18H2,(H,19,26)(H,20,23)(H,24,25)(H,27,28)/t7-,8-/m0/s1. The Kier molecular flexibility index (Phi) is 9.51. The van der Waals surface area contributed by atoms with Crippen LogP contribution < -0.4 is 16.4 Å². The van der Waals surface area contributed by atoms with E-state index in [2.05, 4.69) is 10.6 Å². The molecule has 8 N–H and O–H groups in total. The number of carbonyl (C=O) groups excluding carboxylic acids is 2. The second-order valence-electron chi connectivity index (χ2n) is 5.77. The Morgan fingerprint density at radius 3 is 2.34 bits per heavy atom. The minimum absolute atomic E-state index is 0.0600. The van der Waals surface area contributed by atoms with E-state index in [0.717, 1.165) is 11.8 Å². The number of amides is 2. The molecule has 1 aromatic carbocycles. The molecule has 0 aliphatic heterocycles. The van der Waals surface area contributed by atoms with Crippen LogP contribution in [0, 0.1) is 0 Å². The zero-order chi connectivity index (χ0) is 22.1. The van der Waals surface area contributed by atoms with Crippen molar-refractivity contribution in [2.24, 2.45) is 5.73 Å². The molecular weight excluding hydrogens is 430 g/mol. The van der Waals surface area contributed by atoms with Crippen molar-refractivity contribution in [3.05, 3.63) is 17.2 Å². The molecule has 0 saturated heterocycles. The van der Waals surface area contributed by atoms with Crippen molar-refractivity contribution in [2.75, 3.05) is 12.3 Å². The highest BCUT2D eigenvalue weighted by atomic mass is 35.5. The summed E-state index contributed by atoms with van der Waals surface area (Å²) in [4.78, 5) is 45.7. The van der Waals surface area contributed by atoms with Crippen LogP contribution in [-0.2, 0) is 19.2 Å². The lowest BCUT2D eigenvalue weighted by molar-refractivity contribution is -0.139. The van der Waals surface area contributed by atoms with Gasteiger partial charge in [-0.15, -0.1) is 11.8 Å². The van der Waals surface area contributed by atoms with E-state index in [1.807, 2.05) is 0 Å². The van der Waals surface area contributed by atoms with Crippen molar-refractivity contribution in [3.63, 3.8) is 0 Å². The highest BCUT2D eigenvalue weighted by Gasteiger charge is 2.24. The zero-order valence-electron chi connectivity index (χ0n) is 14.9. The summed E-state index contributed by atoms with van der Waals surface area (Å²) in [7, 11) is 0. The van der Waals surface area contributed by atoms with Crippen LogP contribution in [0.15, 0.2) is 17.0 Å². The summed E-state index contributed by atoms with van der Waals surface area (Å²) < 4.78 is 0. The second-order valence-corrected chi connectivity index (χ2v) is 7.18. The molecule has 2 amide bonds. The number of carboxylic acid groups (broad SMARTS) is 2. The Labute approximate surface area is 174 Å². The monoisotopic (exact) mass is 449 g/mol. The average Bonchev–Trinajstić information content (AvgIpc) is 2.65. The molecule has 1 aromatic rings. The number of aliphatic carboxylic acids is 2. The molecule has 0 fully saturated rings. The van der Waals surface area contributed by atoms with Gasteiger partial charge in [-0.05, 0) is 18.6 Å². The lowest BCUT2D eigenvalue weighted by Gasteiger charge is -2.19. The first kappa shape index (κ1) is 24.3. The van der Waals surface area contributed by atoms with Crippen LogP contribution in [0.4, 0.5) is 0 Å². The van der Waals surface area contributed by atoms with Crippen molar-refractivity contribution < 1.29 is 39.6 Å². The number of hydrogen-bond acceptors (Lipinski definition) is 8. The fourth-order valence-electron chi connectivity index (χ4n) is 1.98. The van der Waals surface area contributed by atoms with Crippen molar-refractivity contribution >= 4 is 47.1 Å². The summed E-state index contributed by atoms with van der Waals surface area (Å²) in [5.74, 6) is -4.79. The number of benzene rings is 1. The Morgan fingerprint density at radius 1 is 1.14 bits per heavy atom. The summed E-state index contributed by atoms with van der Waals surface area (Å²) in [6.45, 7) is -0.683. The predicted molar refractivity (Wildman–Crippen MR) is 103 cm³/mol. The third kappa shape index (κ3) is 8.05. The fourth-order valence-corrected chi connectivity index (χ4v) is 3.32. The molecule has 2 atom stereocenters. The Balaban J connectivity index is 2.84. The van der Waals surface area contributed by atoms with Gasteiger partial charge in [0.05, 0.1) is 9.92 Å². The van der Waals surface area contributed by atoms with Gasteiger partial charge in [0.2, 0.25) is 11.8 Å². The van der Waals surface area contributed by atoms with Crippen LogP contribution in [0.1, 0.15) is 12.8 Å². The van der Waals surface area contributed by atoms with Gasteiger partial charge in [0.25, 0.3) is 0 Å². The molecule has 13 heteroatoms. The molecule has 0 bridgehead atoms. The van der Waals surface area contributed by atoms with Gasteiger partial charge < -0.3 is 36.8 Å². The maximum atomic E-state index is 12.2. The van der Waals surface area contributed by atoms with Crippen LogP contribution in [0.2, 0.25) is 5.02 Å². The van der Waals surface area contributed by atoms with Gasteiger partial charge in [0.1, 0.15) is 30.1 Å². The number of halogens is 1. The number of nitrogens with two attached hydrogens (primary N) is 1. The molecule has 0 saturated carbocycles. The summed E-state index contributed by atoms with van der Waals surface area (Å²) in [5.41, 5.74) is 5.32. The van der Waals surface area contributed by atoms with Gasteiger partial charge in [-0.3, -0.25) is 19.2 Å². The van der Waals surface area contributed by atoms with Crippen LogP contribution in [0.25, 0.3) is 0 Å². The van der Waals surface area contributed by atoms with Crippen molar-refractivity contribution in [3.8, 4) is 11.5 Å². The summed E-state index contributed by atoms with van der Waals surface area (Å²) in [6.07, 6.45) is -0.448. The van der Waals surface area contributed by atoms with Gasteiger partial charge in [-0.25, -0.2) is 0 Å². The number of nitrogens with one attached hydrogen (secondary N) is 2. The number of rotatable bonds is 11. The fraction of sp³-hybridized carbons (Fsp3) is 0.375. The lowest BCUT2D eigenvalue weighted by atomic mass is 10.1. The molecule has 0 radical (unpaired) electrons. The quantitative estimate of drug-likeness (QED) is 0.174. The Morgan fingerprint density at radius 2 is 1.76 bits per heavy atom. The van der Waals surface area contributed by atoms with Gasteiger partial charge in [0.15, 0.2) is 0 Å². The van der Waals surface area contributed by atoms with E-state index in [9.17, 15) is 29.4 Å². The molecule has 11 nitrogen and oxygen atoms in total. The summed E-state index contributed by atoms with van der Waals surface area (Å²) >= 11 is 6.76. The zero-order valence-corrected chi connectivity index (χ0v) is 16.5. The third-order valence-electron chi connectivity index (χ3n) is 3.52. The van der Waals surface area contributed by atoms with Gasteiger partial charge in [0, 0.05) is 12.2 Å². The molecule has 29 heavy (non-hydrogen) atoms. The largest absolute Gasteiger partial charge is 0.507 e. The highest BCUT2D eigenvalue weighted by Crippen LogP contribution is 2.40. The molecule has 0 aromatic heterocycles. The normalized spacial score (nSPS) is 12.6. The van der Waals surface area contributed by atoms with Gasteiger partial charge >= 0.3 is 11.9 Å². The number of phenolic OH excluding ortho intramolecular Hbond substituents is 2. The van der Waals surface area contributed by atoms with Crippen LogP contribution in [-0.4, -0.2) is 68.6 Å². The summed E-state index contributed by atoms with van der Waals surface area (Å²) in [5, 5.41) is 41.2. The van der Waals surface area contributed by atoms with E-state index in [1.54, 1.807) is 0 Å². The van der Waals surface area contributed by atoms with E-state index >= 15 is 0 Å². The average molecular weight is 450 g/mol. The molecule has 0 aliphatic rings.